The average Bonchev–Trinajstić information content (AvgIpc) is 2.84. The molecule has 1 amide bonds. The van der Waals surface area contributed by atoms with Gasteiger partial charge >= 0.3 is 0 Å². The maximum absolute atomic E-state index is 12.3. The Morgan fingerprint density at radius 2 is 2.15 bits per heavy atom. The van der Waals surface area contributed by atoms with Gasteiger partial charge in [0.1, 0.15) is 5.75 Å². The van der Waals surface area contributed by atoms with Crippen molar-refractivity contribution >= 4 is 17.5 Å². The van der Waals surface area contributed by atoms with Crippen LogP contribution in [0.15, 0.2) is 34.9 Å². The molecule has 0 radical (unpaired) electrons. The lowest BCUT2D eigenvalue weighted by atomic mass is 10.1. The van der Waals surface area contributed by atoms with Crippen molar-refractivity contribution in [3.05, 3.63) is 52.4 Å². The van der Waals surface area contributed by atoms with Crippen LogP contribution in [-0.4, -0.2) is 25.0 Å². The summed E-state index contributed by atoms with van der Waals surface area (Å²) in [5, 5.41) is 0.607. The number of ether oxygens (including phenoxy) is 1. The van der Waals surface area contributed by atoms with Crippen molar-refractivity contribution in [2.24, 2.45) is 0 Å². The quantitative estimate of drug-likeness (QED) is 0.866. The molecule has 1 heterocycles. The number of aryl methyl sites for hydroxylation is 1. The second-order valence-electron chi connectivity index (χ2n) is 4.55. The fourth-order valence-corrected chi connectivity index (χ4v) is 2.16. The van der Waals surface area contributed by atoms with Crippen molar-refractivity contribution in [3.8, 4) is 5.75 Å². The third-order valence-electron chi connectivity index (χ3n) is 3.05. The number of halogens is 1. The molecule has 5 heteroatoms. The van der Waals surface area contributed by atoms with Gasteiger partial charge in [-0.05, 0) is 31.2 Å². The number of carbonyl (C=O) groups is 1. The van der Waals surface area contributed by atoms with Gasteiger partial charge in [-0.25, -0.2) is 0 Å². The number of amides is 1. The summed E-state index contributed by atoms with van der Waals surface area (Å²) in [7, 11) is 3.30. The fraction of sp³-hybridized carbons (Fsp3) is 0.267. The van der Waals surface area contributed by atoms with Crippen LogP contribution in [0, 0.1) is 6.92 Å². The molecule has 0 spiro atoms. The molecular weight excluding hydrogens is 278 g/mol. The van der Waals surface area contributed by atoms with E-state index in [0.29, 0.717) is 23.1 Å². The number of hydrogen-bond donors (Lipinski definition) is 0. The van der Waals surface area contributed by atoms with E-state index in [1.807, 2.05) is 6.92 Å². The Hall–Kier alpha value is -1.94. The highest BCUT2D eigenvalue weighted by molar-refractivity contribution is 6.30. The van der Waals surface area contributed by atoms with Crippen molar-refractivity contribution in [3.63, 3.8) is 0 Å². The molecule has 0 fully saturated rings. The topological polar surface area (TPSA) is 42.7 Å². The predicted molar refractivity (Wildman–Crippen MR) is 77.2 cm³/mol. The van der Waals surface area contributed by atoms with Gasteiger partial charge in [0.05, 0.1) is 13.4 Å². The molecule has 0 unspecified atom stereocenters. The van der Waals surface area contributed by atoms with Crippen LogP contribution in [0.1, 0.15) is 21.7 Å². The Morgan fingerprint density at radius 3 is 2.75 bits per heavy atom. The molecule has 0 aliphatic carbocycles. The van der Waals surface area contributed by atoms with Gasteiger partial charge in [-0.1, -0.05) is 11.6 Å². The summed E-state index contributed by atoms with van der Waals surface area (Å²) in [6.45, 7) is 2.23. The van der Waals surface area contributed by atoms with Crippen molar-refractivity contribution in [1.29, 1.82) is 0 Å². The molecule has 0 aliphatic heterocycles. The standard InChI is InChI=1S/C15H16ClNO3/c1-10-6-7-20-14(10)15(18)17(2)9-11-8-12(16)4-5-13(11)19-3/h4-8H,9H2,1-3H3. The summed E-state index contributed by atoms with van der Waals surface area (Å²) in [6.07, 6.45) is 1.51. The van der Waals surface area contributed by atoms with E-state index in [1.165, 1.54) is 6.26 Å². The van der Waals surface area contributed by atoms with E-state index in [-0.39, 0.29) is 5.91 Å². The Bertz CT molecular complexity index is 621. The van der Waals surface area contributed by atoms with E-state index in [2.05, 4.69) is 0 Å². The molecule has 0 N–H and O–H groups in total. The summed E-state index contributed by atoms with van der Waals surface area (Å²) in [4.78, 5) is 13.8. The minimum Gasteiger partial charge on any atom is -0.496 e. The van der Waals surface area contributed by atoms with Gasteiger partial charge in [0.25, 0.3) is 5.91 Å². The molecule has 1 aromatic heterocycles. The molecule has 0 aliphatic rings. The zero-order valence-electron chi connectivity index (χ0n) is 11.6. The lowest BCUT2D eigenvalue weighted by molar-refractivity contribution is 0.0751. The molecule has 1 aromatic carbocycles. The van der Waals surface area contributed by atoms with Gasteiger partial charge in [0, 0.05) is 29.7 Å². The number of methoxy groups -OCH3 is 1. The second kappa shape index (κ2) is 6.01. The third-order valence-corrected chi connectivity index (χ3v) is 3.29. The normalized spacial score (nSPS) is 10.4. The van der Waals surface area contributed by atoms with Crippen molar-refractivity contribution < 1.29 is 13.9 Å². The number of carbonyl (C=O) groups excluding carboxylic acids is 1. The first-order valence-electron chi connectivity index (χ1n) is 6.15. The Morgan fingerprint density at radius 1 is 1.40 bits per heavy atom. The molecule has 4 nitrogen and oxygen atoms in total. The van der Waals surface area contributed by atoms with E-state index in [0.717, 1.165) is 11.1 Å². The molecule has 106 valence electrons. The smallest absolute Gasteiger partial charge is 0.289 e. The van der Waals surface area contributed by atoms with Gasteiger partial charge < -0.3 is 14.1 Å². The molecule has 0 atom stereocenters. The van der Waals surface area contributed by atoms with Gasteiger partial charge in [0.15, 0.2) is 5.76 Å². The monoisotopic (exact) mass is 293 g/mol. The summed E-state index contributed by atoms with van der Waals surface area (Å²) in [6, 6.07) is 7.09. The zero-order chi connectivity index (χ0) is 14.7. The highest BCUT2D eigenvalue weighted by Gasteiger charge is 2.18. The number of furan rings is 1. The lowest BCUT2D eigenvalue weighted by Crippen LogP contribution is -2.26. The van der Waals surface area contributed by atoms with E-state index < -0.39 is 0 Å². The van der Waals surface area contributed by atoms with Crippen molar-refractivity contribution in [2.45, 2.75) is 13.5 Å². The lowest BCUT2D eigenvalue weighted by Gasteiger charge is -2.18. The first-order chi connectivity index (χ1) is 9.52. The Kier molecular flexibility index (Phi) is 4.35. The van der Waals surface area contributed by atoms with Crippen molar-refractivity contribution in [2.75, 3.05) is 14.2 Å². The minimum absolute atomic E-state index is 0.172. The van der Waals surface area contributed by atoms with Crippen LogP contribution in [0.4, 0.5) is 0 Å². The number of nitrogens with zero attached hydrogens (tertiary/aromatic N) is 1. The molecule has 0 saturated heterocycles. The van der Waals surface area contributed by atoms with E-state index in [9.17, 15) is 4.79 Å². The summed E-state index contributed by atoms with van der Waals surface area (Å²) < 4.78 is 10.5. The third kappa shape index (κ3) is 2.96. The first-order valence-corrected chi connectivity index (χ1v) is 6.52. The molecule has 0 saturated carbocycles. The van der Waals surface area contributed by atoms with Crippen LogP contribution < -0.4 is 4.74 Å². The van der Waals surface area contributed by atoms with Crippen molar-refractivity contribution in [1.82, 2.24) is 4.90 Å². The van der Waals surface area contributed by atoms with Gasteiger partial charge in [0.2, 0.25) is 0 Å². The molecule has 0 bridgehead atoms. The maximum atomic E-state index is 12.3. The van der Waals surface area contributed by atoms with Crippen LogP contribution in [0.3, 0.4) is 0 Å². The first kappa shape index (κ1) is 14.5. The van der Waals surface area contributed by atoms with Crippen LogP contribution >= 0.6 is 11.6 Å². The predicted octanol–water partition coefficient (Wildman–Crippen LogP) is 3.52. The van der Waals surface area contributed by atoms with Gasteiger partial charge in [-0.3, -0.25) is 4.79 Å². The maximum Gasteiger partial charge on any atom is 0.289 e. The van der Waals surface area contributed by atoms with E-state index in [1.54, 1.807) is 43.3 Å². The number of rotatable bonds is 4. The highest BCUT2D eigenvalue weighted by atomic mass is 35.5. The minimum atomic E-state index is -0.172. The number of benzene rings is 1. The summed E-state index contributed by atoms with van der Waals surface area (Å²) in [5.41, 5.74) is 1.67. The molecule has 20 heavy (non-hydrogen) atoms. The highest BCUT2D eigenvalue weighted by Crippen LogP contribution is 2.24. The average molecular weight is 294 g/mol. The molecule has 2 rings (SSSR count). The molecular formula is C15H16ClNO3. The Balaban J connectivity index is 2.20. The summed E-state index contributed by atoms with van der Waals surface area (Å²) >= 11 is 5.98. The van der Waals surface area contributed by atoms with Crippen LogP contribution in [0.25, 0.3) is 0 Å². The largest absolute Gasteiger partial charge is 0.496 e. The van der Waals surface area contributed by atoms with E-state index in [4.69, 9.17) is 20.8 Å². The molecule has 2 aromatic rings. The second-order valence-corrected chi connectivity index (χ2v) is 4.99. The van der Waals surface area contributed by atoms with Crippen LogP contribution in [0.5, 0.6) is 5.75 Å². The van der Waals surface area contributed by atoms with Gasteiger partial charge in [-0.15, -0.1) is 0 Å². The van der Waals surface area contributed by atoms with Crippen LogP contribution in [0.2, 0.25) is 5.02 Å². The van der Waals surface area contributed by atoms with Gasteiger partial charge in [-0.2, -0.15) is 0 Å². The van der Waals surface area contributed by atoms with Crippen LogP contribution in [-0.2, 0) is 6.54 Å². The summed E-state index contributed by atoms with van der Waals surface area (Å²) in [5.74, 6) is 0.883. The fourth-order valence-electron chi connectivity index (χ4n) is 1.96. The SMILES string of the molecule is COc1ccc(Cl)cc1CN(C)C(=O)c1occc1C. The Labute approximate surface area is 122 Å². The number of hydrogen-bond acceptors (Lipinski definition) is 3. The van der Waals surface area contributed by atoms with E-state index >= 15 is 0 Å². The zero-order valence-corrected chi connectivity index (χ0v) is 12.4.